The molecule has 0 aromatic heterocycles. The van der Waals surface area contributed by atoms with Crippen molar-refractivity contribution in [3.05, 3.63) is 53.7 Å². The monoisotopic (exact) mass is 403 g/mol. The molecule has 2 aliphatic rings. The number of para-hydroxylation sites is 1. The Morgan fingerprint density at radius 2 is 2.07 bits per heavy atom. The number of carbonyl (C=O) groups is 1. The maximum Gasteiger partial charge on any atom is 0.226 e. The van der Waals surface area contributed by atoms with Gasteiger partial charge in [0.1, 0.15) is 0 Å². The Bertz CT molecular complexity index is 1030. The molecule has 0 spiro atoms. The number of anilines is 4. The largest absolute Gasteiger partial charge is 0.404 e. The van der Waals surface area contributed by atoms with Gasteiger partial charge in [-0.1, -0.05) is 19.1 Å². The normalized spacial score (nSPS) is 21.5. The maximum absolute atomic E-state index is 12.2. The summed E-state index contributed by atoms with van der Waals surface area (Å²) in [6.45, 7) is 5.23. The highest BCUT2D eigenvalue weighted by Gasteiger charge is 2.28. The quantitative estimate of drug-likeness (QED) is 0.660. The number of carbonyl (C=O) groups excluding carboxylic acids is 1. The Morgan fingerprint density at radius 3 is 2.83 bits per heavy atom. The van der Waals surface area contributed by atoms with Gasteiger partial charge < -0.3 is 21.3 Å². The number of aliphatic imine (C=N–C) groups is 1. The lowest BCUT2D eigenvalue weighted by molar-refractivity contribution is -0.116. The molecule has 6 heteroatoms. The molecule has 0 aliphatic carbocycles. The Labute approximate surface area is 177 Å². The van der Waals surface area contributed by atoms with Gasteiger partial charge in [-0.05, 0) is 54.7 Å². The molecule has 2 aromatic carbocycles. The number of nitrogens with one attached hydrogen (secondary N) is 2. The van der Waals surface area contributed by atoms with Crippen molar-refractivity contribution in [1.82, 2.24) is 0 Å². The van der Waals surface area contributed by atoms with Gasteiger partial charge in [-0.2, -0.15) is 0 Å². The molecule has 2 aliphatic heterocycles. The molecular formula is C24H29N5O. The van der Waals surface area contributed by atoms with Crippen LogP contribution >= 0.6 is 0 Å². The van der Waals surface area contributed by atoms with Gasteiger partial charge in [0.25, 0.3) is 0 Å². The third-order valence-corrected chi connectivity index (χ3v) is 5.91. The molecular weight excluding hydrogens is 374 g/mol. The van der Waals surface area contributed by atoms with Crippen LogP contribution in [0.3, 0.4) is 0 Å². The molecule has 0 fully saturated rings. The van der Waals surface area contributed by atoms with Gasteiger partial charge in [0.05, 0.1) is 17.1 Å². The predicted molar refractivity (Wildman–Crippen MR) is 126 cm³/mol. The van der Waals surface area contributed by atoms with Gasteiger partial charge in [0, 0.05) is 49.7 Å². The summed E-state index contributed by atoms with van der Waals surface area (Å²) in [4.78, 5) is 18.7. The minimum Gasteiger partial charge on any atom is -0.404 e. The van der Waals surface area contributed by atoms with Crippen LogP contribution in [-0.4, -0.2) is 31.8 Å². The van der Waals surface area contributed by atoms with Crippen LogP contribution in [0, 0.1) is 0 Å². The lowest BCUT2D eigenvalue weighted by Gasteiger charge is -2.36. The molecule has 4 rings (SSSR count). The van der Waals surface area contributed by atoms with Crippen LogP contribution in [0.15, 0.2) is 47.6 Å². The molecule has 0 radical (unpaired) electrons. The summed E-state index contributed by atoms with van der Waals surface area (Å²) in [5.41, 5.74) is 13.2. The van der Waals surface area contributed by atoms with Gasteiger partial charge in [-0.3, -0.25) is 9.79 Å². The van der Waals surface area contributed by atoms with E-state index < -0.39 is 0 Å². The summed E-state index contributed by atoms with van der Waals surface area (Å²) < 4.78 is 0. The topological polar surface area (TPSA) is 82.8 Å². The average Bonchev–Trinajstić information content (AvgIpc) is 2.88. The summed E-state index contributed by atoms with van der Waals surface area (Å²) >= 11 is 0. The van der Waals surface area contributed by atoms with Crippen molar-refractivity contribution in [2.24, 2.45) is 10.7 Å². The van der Waals surface area contributed by atoms with Crippen molar-refractivity contribution in [2.75, 3.05) is 29.1 Å². The van der Waals surface area contributed by atoms with Crippen molar-refractivity contribution < 1.29 is 4.79 Å². The van der Waals surface area contributed by atoms with E-state index in [0.717, 1.165) is 41.2 Å². The fourth-order valence-corrected chi connectivity index (χ4v) is 4.37. The fourth-order valence-electron chi connectivity index (χ4n) is 4.37. The number of rotatable bonds is 3. The van der Waals surface area contributed by atoms with E-state index in [2.05, 4.69) is 51.7 Å². The van der Waals surface area contributed by atoms with Crippen LogP contribution in [0.25, 0.3) is 5.57 Å². The molecule has 0 saturated heterocycles. The third-order valence-electron chi connectivity index (χ3n) is 5.91. The van der Waals surface area contributed by atoms with Crippen LogP contribution in [-0.2, 0) is 4.79 Å². The summed E-state index contributed by atoms with van der Waals surface area (Å²) in [5.74, 6) is 0.490. The molecule has 30 heavy (non-hydrogen) atoms. The van der Waals surface area contributed by atoms with E-state index in [0.29, 0.717) is 12.3 Å². The zero-order chi connectivity index (χ0) is 21.3. The second-order valence-electron chi connectivity index (χ2n) is 8.12. The first-order valence-electron chi connectivity index (χ1n) is 10.5. The fraction of sp³-hybridized carbons (Fsp3) is 0.333. The van der Waals surface area contributed by atoms with Crippen molar-refractivity contribution in [2.45, 2.75) is 38.6 Å². The van der Waals surface area contributed by atoms with Crippen LogP contribution < -0.4 is 21.3 Å². The molecule has 1 amide bonds. The number of benzene rings is 2. The minimum atomic E-state index is 0.0434. The Hall–Kier alpha value is -3.28. The molecule has 4 N–H and O–H groups in total. The van der Waals surface area contributed by atoms with E-state index in [1.54, 1.807) is 19.5 Å². The van der Waals surface area contributed by atoms with Crippen LogP contribution in [0.1, 0.15) is 43.7 Å². The first-order valence-corrected chi connectivity index (χ1v) is 10.5. The number of nitrogens with two attached hydrogens (primary N) is 1. The van der Waals surface area contributed by atoms with Crippen LogP contribution in [0.2, 0.25) is 0 Å². The number of hydrogen-bond acceptors (Lipinski definition) is 5. The molecule has 0 saturated carbocycles. The number of nitrogens with zero attached hydrogens (tertiary/aromatic N) is 2. The first kappa shape index (κ1) is 20.0. The van der Waals surface area contributed by atoms with Gasteiger partial charge >= 0.3 is 0 Å². The summed E-state index contributed by atoms with van der Waals surface area (Å²) in [6.07, 6.45) is 4.90. The number of fused-ring (bicyclic) bond motifs is 2. The SMILES string of the molecule is CN=C/C(=C\N)c1ccc2c(c1)[C@H](C)CCN2c1cccc2c1N[C@H](C)CC(=O)N2. The summed E-state index contributed by atoms with van der Waals surface area (Å²) in [6, 6.07) is 12.7. The zero-order valence-corrected chi connectivity index (χ0v) is 17.8. The Balaban J connectivity index is 1.80. The summed E-state index contributed by atoms with van der Waals surface area (Å²) in [5, 5.41) is 6.59. The number of amides is 1. The third kappa shape index (κ3) is 3.65. The van der Waals surface area contributed by atoms with Crippen LogP contribution in [0.5, 0.6) is 0 Å². The molecule has 0 bridgehead atoms. The molecule has 2 aromatic rings. The highest BCUT2D eigenvalue weighted by atomic mass is 16.1. The molecule has 2 atom stereocenters. The second kappa shape index (κ2) is 8.22. The van der Waals surface area contributed by atoms with Gasteiger partial charge in [-0.15, -0.1) is 0 Å². The molecule has 0 unspecified atom stereocenters. The lowest BCUT2D eigenvalue weighted by Crippen LogP contribution is -2.27. The van der Waals surface area contributed by atoms with E-state index >= 15 is 0 Å². The van der Waals surface area contributed by atoms with Crippen LogP contribution in [0.4, 0.5) is 22.7 Å². The lowest BCUT2D eigenvalue weighted by atomic mass is 9.88. The van der Waals surface area contributed by atoms with Crippen molar-refractivity contribution in [3.63, 3.8) is 0 Å². The molecule has 6 nitrogen and oxygen atoms in total. The standard InChI is InChI=1S/C24H29N5O/c1-15-9-10-29(21-8-7-17(12-19(15)21)18(13-25)14-26-3)22-6-4-5-20-24(22)27-16(2)11-23(30)28-20/h4-8,12-16,27H,9-11,25H2,1-3H3,(H,28,30)/b18-13+,26-14?/t15-,16-/m1/s1. The van der Waals surface area contributed by atoms with Gasteiger partial charge in [0.2, 0.25) is 5.91 Å². The molecule has 2 heterocycles. The van der Waals surface area contributed by atoms with E-state index in [-0.39, 0.29) is 11.9 Å². The van der Waals surface area contributed by atoms with Gasteiger partial charge in [0.15, 0.2) is 0 Å². The second-order valence-corrected chi connectivity index (χ2v) is 8.12. The van der Waals surface area contributed by atoms with E-state index in [1.165, 1.54) is 11.3 Å². The highest BCUT2D eigenvalue weighted by molar-refractivity contribution is 6.09. The Kier molecular flexibility index (Phi) is 5.48. The average molecular weight is 404 g/mol. The number of allylic oxidation sites excluding steroid dienone is 1. The molecule has 156 valence electrons. The Morgan fingerprint density at radius 1 is 1.23 bits per heavy atom. The van der Waals surface area contributed by atoms with Crippen molar-refractivity contribution in [1.29, 1.82) is 0 Å². The smallest absolute Gasteiger partial charge is 0.226 e. The summed E-state index contributed by atoms with van der Waals surface area (Å²) in [7, 11) is 1.75. The highest BCUT2D eigenvalue weighted by Crippen LogP contribution is 2.45. The zero-order valence-electron chi connectivity index (χ0n) is 17.8. The first-order chi connectivity index (χ1) is 14.5. The number of hydrogen-bond donors (Lipinski definition) is 3. The predicted octanol–water partition coefficient (Wildman–Crippen LogP) is 4.47. The van der Waals surface area contributed by atoms with Gasteiger partial charge in [-0.25, -0.2) is 0 Å². The van der Waals surface area contributed by atoms with Crippen molar-refractivity contribution in [3.8, 4) is 0 Å². The van der Waals surface area contributed by atoms with E-state index in [1.807, 2.05) is 19.1 Å². The minimum absolute atomic E-state index is 0.0434. The van der Waals surface area contributed by atoms with Crippen molar-refractivity contribution >= 4 is 40.4 Å². The maximum atomic E-state index is 12.2. The van der Waals surface area contributed by atoms with E-state index in [4.69, 9.17) is 5.73 Å². The van der Waals surface area contributed by atoms with E-state index in [9.17, 15) is 4.79 Å².